The van der Waals surface area contributed by atoms with Crippen molar-refractivity contribution >= 4 is 29.2 Å². The van der Waals surface area contributed by atoms with E-state index >= 15 is 0 Å². The zero-order valence-electron chi connectivity index (χ0n) is 13.7. The molecule has 0 radical (unpaired) electrons. The van der Waals surface area contributed by atoms with E-state index in [1.165, 1.54) is 0 Å². The van der Waals surface area contributed by atoms with E-state index in [0.29, 0.717) is 0 Å². The first kappa shape index (κ1) is 16.6. The van der Waals surface area contributed by atoms with Crippen LogP contribution in [-0.4, -0.2) is 12.4 Å². The molecule has 3 aromatic carbocycles. The zero-order valence-corrected chi connectivity index (χ0v) is 14.7. The number of hydrogen-bond donors (Lipinski definition) is 0. The standard InChI is InChI=1S/C21H21O2P/c1-18(22)17-23-24(19-11-5-2-6-12-19,20-13-7-3-8-14-20)21-15-9-4-10-16-21/h2-16,24H,17H2,1H3. The topological polar surface area (TPSA) is 26.3 Å². The molecule has 0 amide bonds. The molecule has 0 atom stereocenters. The summed E-state index contributed by atoms with van der Waals surface area (Å²) < 4.78 is 6.44. The SMILES string of the molecule is CC(=O)CO[PH](c1ccccc1)(c1ccccc1)c1ccccc1. The van der Waals surface area contributed by atoms with Crippen LogP contribution in [0.2, 0.25) is 0 Å². The van der Waals surface area contributed by atoms with Gasteiger partial charge in [-0.1, -0.05) is 0 Å². The van der Waals surface area contributed by atoms with Gasteiger partial charge in [0.15, 0.2) is 0 Å². The molecule has 0 fully saturated rings. The number of Topliss-reactive ketones (excluding diaryl/α,β-unsaturated/α-hetero) is 1. The molecular weight excluding hydrogens is 315 g/mol. The van der Waals surface area contributed by atoms with Crippen LogP contribution < -0.4 is 15.9 Å². The van der Waals surface area contributed by atoms with E-state index < -0.39 is 7.49 Å². The average Bonchev–Trinajstić information content (AvgIpc) is 2.65. The minimum atomic E-state index is -2.71. The second-order valence-corrected chi connectivity index (χ2v) is 9.15. The van der Waals surface area contributed by atoms with E-state index in [0.717, 1.165) is 15.9 Å². The summed E-state index contributed by atoms with van der Waals surface area (Å²) in [5, 5.41) is 3.43. The van der Waals surface area contributed by atoms with Crippen molar-refractivity contribution in [1.29, 1.82) is 0 Å². The van der Waals surface area contributed by atoms with Crippen LogP contribution >= 0.6 is 7.49 Å². The summed E-state index contributed by atoms with van der Waals surface area (Å²) in [7, 11) is -2.71. The second kappa shape index (κ2) is 7.53. The fourth-order valence-electron chi connectivity index (χ4n) is 2.98. The van der Waals surface area contributed by atoms with Crippen molar-refractivity contribution < 1.29 is 9.32 Å². The molecule has 122 valence electrons. The van der Waals surface area contributed by atoms with Gasteiger partial charge in [0.25, 0.3) is 0 Å². The fraction of sp³-hybridized carbons (Fsp3) is 0.0952. The summed E-state index contributed by atoms with van der Waals surface area (Å²) in [6, 6.07) is 30.8. The van der Waals surface area contributed by atoms with E-state index in [-0.39, 0.29) is 12.4 Å². The van der Waals surface area contributed by atoms with E-state index in [1.54, 1.807) is 6.92 Å². The number of ketones is 1. The first-order chi connectivity index (χ1) is 11.7. The average molecular weight is 336 g/mol. The van der Waals surface area contributed by atoms with Gasteiger partial charge in [-0.2, -0.15) is 0 Å². The van der Waals surface area contributed by atoms with Crippen molar-refractivity contribution in [2.24, 2.45) is 0 Å². The Morgan fingerprint density at radius 3 is 1.33 bits per heavy atom. The first-order valence-electron chi connectivity index (χ1n) is 8.03. The normalized spacial score (nSPS) is 11.9. The molecule has 0 N–H and O–H groups in total. The molecule has 0 saturated heterocycles. The summed E-state index contributed by atoms with van der Waals surface area (Å²) in [6.07, 6.45) is 0. The molecule has 3 heteroatoms. The molecule has 0 bridgehead atoms. The first-order valence-corrected chi connectivity index (χ1v) is 9.94. The number of rotatable bonds is 6. The molecule has 0 aliphatic rings. The quantitative estimate of drug-likeness (QED) is 0.646. The second-order valence-electron chi connectivity index (χ2n) is 5.77. The van der Waals surface area contributed by atoms with Crippen molar-refractivity contribution in [3.05, 3.63) is 91.0 Å². The third kappa shape index (κ3) is 3.31. The molecule has 3 rings (SSSR count). The summed E-state index contributed by atoms with van der Waals surface area (Å²) in [6.45, 7) is 1.69. The maximum absolute atomic E-state index is 11.7. The van der Waals surface area contributed by atoms with Crippen molar-refractivity contribution in [2.45, 2.75) is 6.92 Å². The van der Waals surface area contributed by atoms with Crippen LogP contribution in [0.1, 0.15) is 6.92 Å². The third-order valence-corrected chi connectivity index (χ3v) is 8.05. The molecule has 0 unspecified atom stereocenters. The monoisotopic (exact) mass is 336 g/mol. The Kier molecular flexibility index (Phi) is 5.20. The Hall–Kier alpha value is -2.28. The molecule has 3 aromatic rings. The molecule has 0 aromatic heterocycles. The van der Waals surface area contributed by atoms with Crippen LogP contribution in [0.25, 0.3) is 0 Å². The van der Waals surface area contributed by atoms with Crippen molar-refractivity contribution in [3.63, 3.8) is 0 Å². The van der Waals surface area contributed by atoms with Crippen LogP contribution in [0.15, 0.2) is 91.0 Å². The van der Waals surface area contributed by atoms with Crippen LogP contribution in [0.5, 0.6) is 0 Å². The fourth-order valence-corrected chi connectivity index (χ4v) is 6.88. The van der Waals surface area contributed by atoms with Gasteiger partial charge in [0.1, 0.15) is 0 Å². The van der Waals surface area contributed by atoms with E-state index in [4.69, 9.17) is 4.52 Å². The van der Waals surface area contributed by atoms with Gasteiger partial charge in [0, 0.05) is 0 Å². The van der Waals surface area contributed by atoms with Crippen LogP contribution in [0.3, 0.4) is 0 Å². The number of benzene rings is 3. The van der Waals surface area contributed by atoms with Gasteiger partial charge in [-0.15, -0.1) is 0 Å². The van der Waals surface area contributed by atoms with Gasteiger partial charge < -0.3 is 0 Å². The molecule has 0 aliphatic heterocycles. The maximum atomic E-state index is 11.7. The molecule has 24 heavy (non-hydrogen) atoms. The van der Waals surface area contributed by atoms with Crippen LogP contribution in [0.4, 0.5) is 0 Å². The number of carbonyl (C=O) groups is 1. The summed E-state index contributed by atoms with van der Waals surface area (Å²) in [5.74, 6) is 0.0367. The molecule has 0 aliphatic carbocycles. The molecule has 0 heterocycles. The number of hydrogen-bond acceptors (Lipinski definition) is 2. The summed E-state index contributed by atoms with van der Waals surface area (Å²) >= 11 is 0. The molecule has 2 nitrogen and oxygen atoms in total. The van der Waals surface area contributed by atoms with Crippen molar-refractivity contribution in [3.8, 4) is 0 Å². The minimum absolute atomic E-state index is 0.0367. The van der Waals surface area contributed by atoms with E-state index in [1.807, 2.05) is 54.6 Å². The van der Waals surface area contributed by atoms with E-state index in [9.17, 15) is 4.79 Å². The van der Waals surface area contributed by atoms with Gasteiger partial charge in [-0.25, -0.2) is 0 Å². The summed E-state index contributed by atoms with van der Waals surface area (Å²) in [4.78, 5) is 11.7. The van der Waals surface area contributed by atoms with Gasteiger partial charge in [0.2, 0.25) is 0 Å². The van der Waals surface area contributed by atoms with Gasteiger partial charge in [-0.05, 0) is 0 Å². The van der Waals surface area contributed by atoms with E-state index in [2.05, 4.69) is 36.4 Å². The van der Waals surface area contributed by atoms with Gasteiger partial charge in [-0.3, -0.25) is 0 Å². The summed E-state index contributed by atoms with van der Waals surface area (Å²) in [5.41, 5.74) is 0. The molecule has 0 saturated carbocycles. The predicted octanol–water partition coefficient (Wildman–Crippen LogP) is 3.23. The Morgan fingerprint density at radius 2 is 1.04 bits per heavy atom. The zero-order chi connectivity index (χ0) is 16.8. The van der Waals surface area contributed by atoms with Crippen molar-refractivity contribution in [1.82, 2.24) is 0 Å². The Balaban J connectivity index is 2.26. The molecule has 0 spiro atoms. The van der Waals surface area contributed by atoms with Crippen LogP contribution in [-0.2, 0) is 9.32 Å². The Bertz CT molecular complexity index is 689. The molecular formula is C21H21O2P. The third-order valence-electron chi connectivity index (χ3n) is 4.03. The number of carbonyl (C=O) groups excluding carboxylic acids is 1. The van der Waals surface area contributed by atoms with Crippen LogP contribution in [0, 0.1) is 0 Å². The Morgan fingerprint density at radius 1 is 0.708 bits per heavy atom. The predicted molar refractivity (Wildman–Crippen MR) is 103 cm³/mol. The van der Waals surface area contributed by atoms with Gasteiger partial charge >= 0.3 is 143 Å². The van der Waals surface area contributed by atoms with Gasteiger partial charge in [0.05, 0.1) is 0 Å². The Labute approximate surface area is 143 Å². The van der Waals surface area contributed by atoms with Crippen molar-refractivity contribution in [2.75, 3.05) is 6.61 Å².